The second-order valence-corrected chi connectivity index (χ2v) is 6.24. The van der Waals surface area contributed by atoms with Crippen LogP contribution in [0.4, 0.5) is 11.4 Å². The fraction of sp³-hybridized carbons (Fsp3) is 0.300. The van der Waals surface area contributed by atoms with Crippen LogP contribution in [-0.2, 0) is 16.0 Å². The van der Waals surface area contributed by atoms with Gasteiger partial charge in [0.25, 0.3) is 0 Å². The molecule has 0 saturated carbocycles. The molecule has 1 fully saturated rings. The van der Waals surface area contributed by atoms with Gasteiger partial charge in [0.15, 0.2) is 0 Å². The molecule has 0 bridgehead atoms. The third-order valence-corrected chi connectivity index (χ3v) is 4.50. The summed E-state index contributed by atoms with van der Waals surface area (Å²) in [6, 6.07) is 15.6. The molecule has 0 radical (unpaired) electrons. The van der Waals surface area contributed by atoms with Crippen molar-refractivity contribution in [2.75, 3.05) is 16.8 Å². The average Bonchev–Trinajstić information content (AvgIpc) is 2.98. The van der Waals surface area contributed by atoms with Gasteiger partial charge in [0.2, 0.25) is 11.8 Å². The minimum absolute atomic E-state index is 0.00257. The fourth-order valence-electron chi connectivity index (χ4n) is 3.04. The lowest BCUT2D eigenvalue weighted by Gasteiger charge is -2.17. The number of aryl methyl sites for hydroxylation is 2. The lowest BCUT2D eigenvalue weighted by Crippen LogP contribution is -2.28. The number of hydrogen-bond acceptors (Lipinski definition) is 2. The number of para-hydroxylation sites is 1. The monoisotopic (exact) mass is 322 g/mol. The Kier molecular flexibility index (Phi) is 4.65. The third kappa shape index (κ3) is 3.32. The maximum atomic E-state index is 12.6. The van der Waals surface area contributed by atoms with Crippen molar-refractivity contribution in [1.29, 1.82) is 0 Å². The van der Waals surface area contributed by atoms with E-state index in [2.05, 4.69) is 12.2 Å². The van der Waals surface area contributed by atoms with Gasteiger partial charge in [0, 0.05) is 24.3 Å². The SMILES string of the molecule is CCc1ccccc1NC(=O)C1CC(=O)N(c2ccc(C)cc2)C1. The molecule has 0 spiro atoms. The molecule has 124 valence electrons. The average molecular weight is 322 g/mol. The second kappa shape index (κ2) is 6.87. The quantitative estimate of drug-likeness (QED) is 0.936. The zero-order valence-corrected chi connectivity index (χ0v) is 14.1. The van der Waals surface area contributed by atoms with E-state index < -0.39 is 0 Å². The fourth-order valence-corrected chi connectivity index (χ4v) is 3.04. The van der Waals surface area contributed by atoms with Gasteiger partial charge in [-0.2, -0.15) is 0 Å². The predicted octanol–water partition coefficient (Wildman–Crippen LogP) is 3.55. The van der Waals surface area contributed by atoms with Crippen LogP contribution in [0.3, 0.4) is 0 Å². The van der Waals surface area contributed by atoms with Crippen LogP contribution < -0.4 is 10.2 Å². The van der Waals surface area contributed by atoms with Gasteiger partial charge in [0.05, 0.1) is 5.92 Å². The largest absolute Gasteiger partial charge is 0.326 e. The van der Waals surface area contributed by atoms with Gasteiger partial charge in [-0.15, -0.1) is 0 Å². The first-order chi connectivity index (χ1) is 11.6. The highest BCUT2D eigenvalue weighted by Crippen LogP contribution is 2.27. The highest BCUT2D eigenvalue weighted by atomic mass is 16.2. The van der Waals surface area contributed by atoms with E-state index in [1.165, 1.54) is 0 Å². The molecule has 0 aromatic heterocycles. The zero-order chi connectivity index (χ0) is 17.1. The Morgan fingerprint density at radius 2 is 1.88 bits per heavy atom. The van der Waals surface area contributed by atoms with Crippen LogP contribution in [0.5, 0.6) is 0 Å². The summed E-state index contributed by atoms with van der Waals surface area (Å²) in [5, 5.41) is 2.99. The van der Waals surface area contributed by atoms with E-state index in [0.717, 1.165) is 28.9 Å². The van der Waals surface area contributed by atoms with E-state index in [-0.39, 0.29) is 24.2 Å². The maximum Gasteiger partial charge on any atom is 0.229 e. The standard InChI is InChI=1S/C20H22N2O2/c1-3-15-6-4-5-7-18(15)21-20(24)16-12-19(23)22(13-16)17-10-8-14(2)9-11-17/h4-11,16H,3,12-13H2,1-2H3,(H,21,24). The van der Waals surface area contributed by atoms with Crippen LogP contribution in [-0.4, -0.2) is 18.4 Å². The number of hydrogen-bond donors (Lipinski definition) is 1. The van der Waals surface area contributed by atoms with Crippen molar-refractivity contribution in [3.63, 3.8) is 0 Å². The summed E-state index contributed by atoms with van der Waals surface area (Å²) in [7, 11) is 0. The predicted molar refractivity (Wildman–Crippen MR) is 96.1 cm³/mol. The molecule has 2 aromatic carbocycles. The number of carbonyl (C=O) groups is 2. The number of benzene rings is 2. The second-order valence-electron chi connectivity index (χ2n) is 6.24. The van der Waals surface area contributed by atoms with E-state index in [4.69, 9.17) is 0 Å². The van der Waals surface area contributed by atoms with Crippen LogP contribution in [0.1, 0.15) is 24.5 Å². The smallest absolute Gasteiger partial charge is 0.229 e. The van der Waals surface area contributed by atoms with Crippen molar-refractivity contribution in [1.82, 2.24) is 0 Å². The van der Waals surface area contributed by atoms with Crippen molar-refractivity contribution in [2.45, 2.75) is 26.7 Å². The van der Waals surface area contributed by atoms with Crippen molar-refractivity contribution in [2.24, 2.45) is 5.92 Å². The van der Waals surface area contributed by atoms with E-state index >= 15 is 0 Å². The molecule has 3 rings (SSSR count). The third-order valence-electron chi connectivity index (χ3n) is 4.50. The lowest BCUT2D eigenvalue weighted by molar-refractivity contribution is -0.122. The van der Waals surface area contributed by atoms with E-state index in [1.807, 2.05) is 55.5 Å². The Hall–Kier alpha value is -2.62. The summed E-state index contributed by atoms with van der Waals surface area (Å²) in [6.45, 7) is 4.50. The normalized spacial score (nSPS) is 17.2. The molecule has 1 N–H and O–H groups in total. The summed E-state index contributed by atoms with van der Waals surface area (Å²) in [6.07, 6.45) is 1.11. The van der Waals surface area contributed by atoms with Gasteiger partial charge >= 0.3 is 0 Å². The molecule has 1 aliphatic heterocycles. The van der Waals surface area contributed by atoms with E-state index in [9.17, 15) is 9.59 Å². The maximum absolute atomic E-state index is 12.6. The van der Waals surface area contributed by atoms with Gasteiger partial charge < -0.3 is 10.2 Å². The number of nitrogens with one attached hydrogen (secondary N) is 1. The van der Waals surface area contributed by atoms with Crippen LogP contribution >= 0.6 is 0 Å². The van der Waals surface area contributed by atoms with Gasteiger partial charge in [-0.3, -0.25) is 9.59 Å². The first-order valence-electron chi connectivity index (χ1n) is 8.34. The first kappa shape index (κ1) is 16.2. The Morgan fingerprint density at radius 3 is 2.58 bits per heavy atom. The van der Waals surface area contributed by atoms with Gasteiger partial charge in [-0.25, -0.2) is 0 Å². The van der Waals surface area contributed by atoms with Gasteiger partial charge in [0.1, 0.15) is 0 Å². The Labute approximate surface area is 142 Å². The number of anilines is 2. The molecule has 1 heterocycles. The topological polar surface area (TPSA) is 49.4 Å². The summed E-state index contributed by atoms with van der Waals surface area (Å²) in [5.41, 5.74) is 3.95. The Balaban J connectivity index is 1.71. The first-order valence-corrected chi connectivity index (χ1v) is 8.34. The van der Waals surface area contributed by atoms with Crippen molar-refractivity contribution < 1.29 is 9.59 Å². The van der Waals surface area contributed by atoms with Crippen LogP contribution in [0, 0.1) is 12.8 Å². The molecule has 1 atom stereocenters. The number of nitrogens with zero attached hydrogens (tertiary/aromatic N) is 1. The van der Waals surface area contributed by atoms with Crippen molar-refractivity contribution >= 4 is 23.2 Å². The van der Waals surface area contributed by atoms with Crippen LogP contribution in [0.2, 0.25) is 0 Å². The molecule has 2 aromatic rings. The number of carbonyl (C=O) groups excluding carboxylic acids is 2. The van der Waals surface area contributed by atoms with Crippen LogP contribution in [0.15, 0.2) is 48.5 Å². The number of rotatable bonds is 4. The molecule has 1 unspecified atom stereocenters. The summed E-state index contributed by atoms with van der Waals surface area (Å²) >= 11 is 0. The molecule has 4 heteroatoms. The summed E-state index contributed by atoms with van der Waals surface area (Å²) in [5.74, 6) is -0.398. The van der Waals surface area contributed by atoms with E-state index in [0.29, 0.717) is 6.54 Å². The molecule has 0 aliphatic carbocycles. The molecule has 2 amide bonds. The molecule has 1 saturated heterocycles. The van der Waals surface area contributed by atoms with Crippen molar-refractivity contribution in [3.05, 3.63) is 59.7 Å². The van der Waals surface area contributed by atoms with Gasteiger partial charge in [-0.05, 0) is 37.1 Å². The van der Waals surface area contributed by atoms with Crippen LogP contribution in [0.25, 0.3) is 0 Å². The molecule has 4 nitrogen and oxygen atoms in total. The molecular formula is C20H22N2O2. The Bertz CT molecular complexity index is 752. The highest BCUT2D eigenvalue weighted by molar-refractivity contribution is 6.03. The summed E-state index contributed by atoms with van der Waals surface area (Å²) in [4.78, 5) is 26.6. The van der Waals surface area contributed by atoms with Gasteiger partial charge in [-0.1, -0.05) is 42.8 Å². The molecule has 24 heavy (non-hydrogen) atoms. The minimum atomic E-state index is -0.316. The Morgan fingerprint density at radius 1 is 1.17 bits per heavy atom. The number of amides is 2. The minimum Gasteiger partial charge on any atom is -0.326 e. The van der Waals surface area contributed by atoms with E-state index in [1.54, 1.807) is 4.90 Å². The summed E-state index contributed by atoms with van der Waals surface area (Å²) < 4.78 is 0. The van der Waals surface area contributed by atoms with Crippen molar-refractivity contribution in [3.8, 4) is 0 Å². The highest BCUT2D eigenvalue weighted by Gasteiger charge is 2.35. The molecule has 1 aliphatic rings. The lowest BCUT2D eigenvalue weighted by atomic mass is 10.1. The zero-order valence-electron chi connectivity index (χ0n) is 14.1. The molecular weight excluding hydrogens is 300 g/mol.